The van der Waals surface area contributed by atoms with E-state index in [4.69, 9.17) is 13.6 Å². The van der Waals surface area contributed by atoms with Crippen molar-refractivity contribution in [1.82, 2.24) is 4.90 Å². The lowest BCUT2D eigenvalue weighted by molar-refractivity contribution is -0.153. The largest absolute Gasteiger partial charge is 0.479 e. The summed E-state index contributed by atoms with van der Waals surface area (Å²) in [6, 6.07) is 8.97. The second kappa shape index (κ2) is 29.9. The number of Topliss-reactive ketones (excluding diaryl/α,β-unsaturated/α-hetero) is 1. The summed E-state index contributed by atoms with van der Waals surface area (Å²) in [6.45, 7) is 32.4. The molecule has 0 bridgehead atoms. The van der Waals surface area contributed by atoms with Crippen LogP contribution in [0.1, 0.15) is 201 Å². The van der Waals surface area contributed by atoms with E-state index in [2.05, 4.69) is 86.5 Å². The van der Waals surface area contributed by atoms with Crippen LogP contribution < -0.4 is 0 Å². The normalized spacial score (nSPS) is 15.0. The van der Waals surface area contributed by atoms with Crippen molar-refractivity contribution in [3.8, 4) is 0 Å². The maximum absolute atomic E-state index is 12.8. The molecule has 0 aliphatic heterocycles. The van der Waals surface area contributed by atoms with Crippen LogP contribution in [-0.4, -0.2) is 82.9 Å². The van der Waals surface area contributed by atoms with E-state index in [0.717, 1.165) is 38.9 Å². The number of nitrogens with zero attached hydrogens (tertiary/aromatic N) is 1. The fourth-order valence-corrected chi connectivity index (χ4v) is 10.3. The molecule has 0 amide bonds. The van der Waals surface area contributed by atoms with Gasteiger partial charge in [0.2, 0.25) is 0 Å². The Morgan fingerprint density at radius 2 is 1.02 bits per heavy atom. The zero-order chi connectivity index (χ0) is 45.2. The van der Waals surface area contributed by atoms with Gasteiger partial charge in [-0.05, 0) is 74.4 Å². The number of carbonyl (C=O) groups is 2. The van der Waals surface area contributed by atoms with Crippen LogP contribution >= 0.6 is 0 Å². The smallest absolute Gasteiger partial charge is 0.333 e. The summed E-state index contributed by atoms with van der Waals surface area (Å²) in [5.41, 5.74) is 0.535. The lowest BCUT2D eigenvalue weighted by Crippen LogP contribution is -2.50. The van der Waals surface area contributed by atoms with Crippen molar-refractivity contribution in [3.05, 3.63) is 35.9 Å². The molecule has 0 saturated heterocycles. The first-order chi connectivity index (χ1) is 28.1. The Morgan fingerprint density at radius 1 is 0.617 bits per heavy atom. The highest BCUT2D eigenvalue weighted by molar-refractivity contribution is 6.74. The molecule has 3 unspecified atom stereocenters. The van der Waals surface area contributed by atoms with Gasteiger partial charge in [-0.15, -0.1) is 0 Å². The third-order valence-corrected chi connectivity index (χ3v) is 22.7. The molecule has 0 fully saturated rings. The molecule has 1 aromatic rings. The first-order valence-corrected chi connectivity index (χ1v) is 30.5. The van der Waals surface area contributed by atoms with E-state index in [1.165, 1.54) is 103 Å². The molecule has 350 valence electrons. The van der Waals surface area contributed by atoms with Gasteiger partial charge in [-0.25, -0.2) is 4.79 Å². The number of rotatable bonds is 36. The van der Waals surface area contributed by atoms with Crippen molar-refractivity contribution in [1.29, 1.82) is 0 Å². The van der Waals surface area contributed by atoms with Crippen molar-refractivity contribution in [3.63, 3.8) is 0 Å². The first kappa shape index (κ1) is 56.7. The van der Waals surface area contributed by atoms with E-state index in [9.17, 15) is 14.7 Å². The second-order valence-corrected chi connectivity index (χ2v) is 30.8. The van der Waals surface area contributed by atoms with Gasteiger partial charge in [0.15, 0.2) is 28.5 Å². The molecule has 7 nitrogen and oxygen atoms in total. The van der Waals surface area contributed by atoms with E-state index < -0.39 is 28.7 Å². The third kappa shape index (κ3) is 23.9. The summed E-state index contributed by atoms with van der Waals surface area (Å²) in [5, 5.41) is 10.4. The number of hydrogen-bond acceptors (Lipinski definition) is 6. The minimum atomic E-state index is -2.05. The predicted molar refractivity (Wildman–Crippen MR) is 262 cm³/mol. The molecular weight excluding hydrogens is 779 g/mol. The average molecular weight is 877 g/mol. The Kier molecular flexibility index (Phi) is 28.2. The number of carboxylic acids is 1. The number of carboxylic acid groups (broad SMARTS) is 1. The summed E-state index contributed by atoms with van der Waals surface area (Å²) in [7, 11) is -4.10. The fourth-order valence-electron chi connectivity index (χ4n) is 7.55. The van der Waals surface area contributed by atoms with Crippen LogP contribution in [0.15, 0.2) is 30.3 Å². The number of carbonyl (C=O) groups excluding carboxylic acids is 1. The van der Waals surface area contributed by atoms with Crippen molar-refractivity contribution < 1.29 is 28.3 Å². The zero-order valence-corrected chi connectivity index (χ0v) is 43.6. The molecule has 0 radical (unpaired) electrons. The summed E-state index contributed by atoms with van der Waals surface area (Å²) in [6.07, 6.45) is 23.6. The van der Waals surface area contributed by atoms with E-state index in [-0.39, 0.29) is 40.6 Å². The van der Waals surface area contributed by atoms with Crippen molar-refractivity contribution in [2.45, 2.75) is 245 Å². The summed E-state index contributed by atoms with van der Waals surface area (Å²) in [5.74, 6) is -1.46. The lowest BCUT2D eigenvalue weighted by Gasteiger charge is -2.43. The third-order valence-electron chi connectivity index (χ3n) is 13.6. The quantitative estimate of drug-likeness (QED) is 0.0408. The highest BCUT2D eigenvalue weighted by Gasteiger charge is 2.41. The van der Waals surface area contributed by atoms with E-state index in [1.807, 2.05) is 25.1 Å². The number of ketones is 1. The maximum atomic E-state index is 12.8. The Morgan fingerprint density at radius 3 is 1.40 bits per heavy atom. The van der Waals surface area contributed by atoms with Gasteiger partial charge >= 0.3 is 5.97 Å². The van der Waals surface area contributed by atoms with Gasteiger partial charge in [0.05, 0.1) is 12.2 Å². The minimum Gasteiger partial charge on any atom is -0.479 e. The van der Waals surface area contributed by atoms with Gasteiger partial charge in [-0.3, -0.25) is 9.69 Å². The molecule has 60 heavy (non-hydrogen) atoms. The van der Waals surface area contributed by atoms with Crippen molar-refractivity contribution >= 4 is 28.4 Å². The second-order valence-electron chi connectivity index (χ2n) is 21.3. The maximum Gasteiger partial charge on any atom is 0.333 e. The Balaban J connectivity index is 3.31. The molecule has 9 heteroatoms. The first-order valence-electron chi connectivity index (χ1n) is 24.7. The van der Waals surface area contributed by atoms with Crippen LogP contribution in [0.3, 0.4) is 0 Å². The Labute approximate surface area is 373 Å². The van der Waals surface area contributed by atoms with Gasteiger partial charge < -0.3 is 18.7 Å². The summed E-state index contributed by atoms with van der Waals surface area (Å²) in [4.78, 5) is 27.9. The topological polar surface area (TPSA) is 85.3 Å². The predicted octanol–water partition coefficient (Wildman–Crippen LogP) is 14.9. The van der Waals surface area contributed by atoms with Crippen LogP contribution in [0.25, 0.3) is 0 Å². The number of hydrogen-bond donors (Lipinski definition) is 1. The minimum absolute atomic E-state index is 0.114. The molecule has 0 aromatic heterocycles. The lowest BCUT2D eigenvalue weighted by atomic mass is 9.98. The number of benzene rings is 1. The van der Waals surface area contributed by atoms with Gasteiger partial charge in [0.1, 0.15) is 6.61 Å². The average Bonchev–Trinajstić information content (AvgIpc) is 3.15. The molecule has 0 aliphatic carbocycles. The zero-order valence-electron chi connectivity index (χ0n) is 41.6. The molecule has 0 heterocycles. The van der Waals surface area contributed by atoms with Gasteiger partial charge in [-0.1, -0.05) is 195 Å². The molecule has 0 aliphatic rings. The van der Waals surface area contributed by atoms with E-state index in [0.29, 0.717) is 12.0 Å². The SMILES string of the molecule is CCCCCCCCCCC(CN(CCCC(C)C(OCC(=O)c1ccccc1)C(=O)O)C[C@@H](CCCCCCCCCC)O[Si](C)(C)C(C)(C)C)O[Si](C)(C)C(C)(C)C. The van der Waals surface area contributed by atoms with Gasteiger partial charge in [0, 0.05) is 18.7 Å². The highest BCUT2D eigenvalue weighted by Crippen LogP contribution is 2.39. The fraction of sp³-hybridized carbons (Fsp3) is 0.843. The van der Waals surface area contributed by atoms with Crippen LogP contribution in [0.2, 0.25) is 36.3 Å². The van der Waals surface area contributed by atoms with E-state index in [1.54, 1.807) is 12.1 Å². The monoisotopic (exact) mass is 876 g/mol. The highest BCUT2D eigenvalue weighted by atomic mass is 28.4. The molecular formula is C51H97NO6Si2. The summed E-state index contributed by atoms with van der Waals surface area (Å²) >= 11 is 0. The van der Waals surface area contributed by atoms with Crippen LogP contribution in [0.4, 0.5) is 0 Å². The van der Waals surface area contributed by atoms with E-state index >= 15 is 0 Å². The molecule has 0 saturated carbocycles. The number of aliphatic carboxylic acids is 1. The Bertz CT molecular complexity index is 1210. The van der Waals surface area contributed by atoms with Crippen molar-refractivity contribution in [2.24, 2.45) is 5.92 Å². The molecule has 1 rings (SSSR count). The molecule has 1 N–H and O–H groups in total. The van der Waals surface area contributed by atoms with Crippen LogP contribution in [0, 0.1) is 5.92 Å². The standard InChI is InChI=1S/C51H97NO6Si2/c1-14-16-18-20-22-24-26-31-37-45(57-59(10,11)50(4,5)6)40-52(39-33-34-43(3)48(49(54)55)56-42-47(53)44-35-29-28-30-36-44)41-46(58-60(12,13)51(7,8)9)38-32-27-25-23-21-19-17-15-2/h28-30,35-36,43,45-46,48H,14-27,31-34,37-42H2,1-13H3,(H,54,55)/t43?,45-,46?,48?/m1/s1. The van der Waals surface area contributed by atoms with Crippen LogP contribution in [0.5, 0.6) is 0 Å². The number of ether oxygens (including phenoxy) is 1. The molecule has 4 atom stereocenters. The molecule has 0 spiro atoms. The summed E-state index contributed by atoms with van der Waals surface area (Å²) < 4.78 is 20.4. The van der Waals surface area contributed by atoms with Gasteiger partial charge in [0.25, 0.3) is 0 Å². The van der Waals surface area contributed by atoms with Gasteiger partial charge in [-0.2, -0.15) is 0 Å². The number of unbranched alkanes of at least 4 members (excludes halogenated alkanes) is 14. The Hall–Kier alpha value is -1.37. The van der Waals surface area contributed by atoms with Crippen LogP contribution in [-0.2, 0) is 18.4 Å². The van der Waals surface area contributed by atoms with Crippen molar-refractivity contribution in [2.75, 3.05) is 26.2 Å². The molecule has 1 aromatic carbocycles.